The minimum absolute atomic E-state index is 0.310. The van der Waals surface area contributed by atoms with E-state index in [1.54, 1.807) is 6.07 Å². The molecule has 3 unspecified atom stereocenters. The number of sulfonamides is 1. The fourth-order valence-electron chi connectivity index (χ4n) is 3.28. The van der Waals surface area contributed by atoms with Gasteiger partial charge in [-0.2, -0.15) is 0 Å². The normalized spacial score (nSPS) is 33.4. The van der Waals surface area contributed by atoms with Crippen LogP contribution < -0.4 is 5.14 Å². The molecule has 3 rings (SSSR count). The van der Waals surface area contributed by atoms with Gasteiger partial charge in [-0.3, -0.25) is 0 Å². The molecule has 0 amide bonds. The van der Waals surface area contributed by atoms with Gasteiger partial charge in [0.05, 0.1) is 0 Å². The molecule has 0 aliphatic heterocycles. The Kier molecular flexibility index (Phi) is 2.38. The van der Waals surface area contributed by atoms with Gasteiger partial charge in [0.2, 0.25) is 10.0 Å². The van der Waals surface area contributed by atoms with E-state index in [9.17, 15) is 8.42 Å². The number of nitrogens with two attached hydrogens (primary N) is 1. The Balaban J connectivity index is 1.88. The Morgan fingerprint density at radius 1 is 1.25 bits per heavy atom. The Labute approximate surface area is 99.7 Å². The van der Waals surface area contributed by atoms with E-state index in [0.717, 1.165) is 11.8 Å². The van der Waals surface area contributed by atoms with E-state index in [1.807, 2.05) is 6.07 Å². The lowest BCUT2D eigenvalue weighted by Gasteiger charge is -2.19. The summed E-state index contributed by atoms with van der Waals surface area (Å²) in [7, 11) is -3.51. The van der Waals surface area contributed by atoms with E-state index in [-0.39, 0.29) is 0 Å². The second-order valence-electron chi connectivity index (χ2n) is 4.98. The lowest BCUT2D eigenvalue weighted by atomic mass is 9.88. The van der Waals surface area contributed by atoms with Crippen molar-refractivity contribution < 1.29 is 8.42 Å². The predicted molar refractivity (Wildman–Crippen MR) is 63.9 cm³/mol. The number of primary sulfonamides is 1. The van der Waals surface area contributed by atoms with Gasteiger partial charge in [0.15, 0.2) is 0 Å². The highest BCUT2D eigenvalue weighted by molar-refractivity contribution is 7.91. The molecule has 3 atom stereocenters. The molecule has 1 aromatic heterocycles. The van der Waals surface area contributed by atoms with Crippen molar-refractivity contribution in [2.75, 3.05) is 0 Å². The van der Waals surface area contributed by atoms with E-state index in [4.69, 9.17) is 5.14 Å². The first-order chi connectivity index (χ1) is 7.54. The molecular weight excluding hydrogens is 242 g/mol. The van der Waals surface area contributed by atoms with Gasteiger partial charge in [-0.1, -0.05) is 6.42 Å². The molecule has 1 heterocycles. The lowest BCUT2D eigenvalue weighted by molar-refractivity contribution is 0.424. The molecule has 0 aromatic carbocycles. The number of thiophene rings is 1. The average molecular weight is 257 g/mol. The van der Waals surface area contributed by atoms with Gasteiger partial charge in [0.25, 0.3) is 0 Å². The van der Waals surface area contributed by atoms with Crippen molar-refractivity contribution >= 4 is 21.4 Å². The summed E-state index contributed by atoms with van der Waals surface area (Å²) in [6.07, 6.45) is 5.27. The maximum atomic E-state index is 11.2. The Morgan fingerprint density at radius 3 is 2.56 bits per heavy atom. The SMILES string of the molecule is NS(=O)(=O)c1ccc(C2CC3CCC2C3)s1. The van der Waals surface area contributed by atoms with Gasteiger partial charge in [0.1, 0.15) is 4.21 Å². The molecule has 2 N–H and O–H groups in total. The van der Waals surface area contributed by atoms with Crippen LogP contribution in [0.5, 0.6) is 0 Å². The third kappa shape index (κ3) is 1.71. The maximum absolute atomic E-state index is 11.2. The summed E-state index contributed by atoms with van der Waals surface area (Å²) in [5.74, 6) is 2.27. The smallest absolute Gasteiger partial charge is 0.224 e. The Bertz CT molecular complexity index is 506. The van der Waals surface area contributed by atoms with Crippen LogP contribution in [0.4, 0.5) is 0 Å². The standard InChI is InChI=1S/C11H15NO2S2/c12-16(13,14)11-4-3-10(15-11)9-6-7-1-2-8(9)5-7/h3-4,7-9H,1-2,5-6H2,(H2,12,13,14). The highest BCUT2D eigenvalue weighted by Crippen LogP contribution is 2.54. The van der Waals surface area contributed by atoms with Crippen LogP contribution in [0.3, 0.4) is 0 Å². The van der Waals surface area contributed by atoms with E-state index in [1.165, 1.54) is 41.9 Å². The molecule has 2 fully saturated rings. The van der Waals surface area contributed by atoms with Crippen LogP contribution in [-0.2, 0) is 10.0 Å². The van der Waals surface area contributed by atoms with Crippen LogP contribution in [0, 0.1) is 11.8 Å². The summed E-state index contributed by atoms with van der Waals surface area (Å²) in [5, 5.41) is 5.13. The summed E-state index contributed by atoms with van der Waals surface area (Å²) in [6, 6.07) is 3.61. The summed E-state index contributed by atoms with van der Waals surface area (Å²) < 4.78 is 22.7. The van der Waals surface area contributed by atoms with Crippen molar-refractivity contribution in [1.29, 1.82) is 0 Å². The second-order valence-corrected chi connectivity index (χ2v) is 7.89. The molecule has 2 aliphatic carbocycles. The molecule has 1 aromatic rings. The molecule has 2 saturated carbocycles. The molecule has 2 bridgehead atoms. The van der Waals surface area contributed by atoms with Crippen LogP contribution >= 0.6 is 11.3 Å². The number of rotatable bonds is 2. The number of hydrogen-bond donors (Lipinski definition) is 1. The summed E-state index contributed by atoms with van der Waals surface area (Å²) in [5.41, 5.74) is 0. The van der Waals surface area contributed by atoms with Crippen LogP contribution in [0.2, 0.25) is 0 Å². The summed E-state index contributed by atoms with van der Waals surface area (Å²) in [4.78, 5) is 1.22. The zero-order valence-corrected chi connectivity index (χ0v) is 10.6. The largest absolute Gasteiger partial charge is 0.247 e. The first-order valence-electron chi connectivity index (χ1n) is 5.66. The average Bonchev–Trinajstić information content (AvgIpc) is 2.92. The van der Waals surface area contributed by atoms with Crippen molar-refractivity contribution in [3.8, 4) is 0 Å². The number of hydrogen-bond acceptors (Lipinski definition) is 3. The molecule has 0 spiro atoms. The first-order valence-corrected chi connectivity index (χ1v) is 8.03. The van der Waals surface area contributed by atoms with Crippen LogP contribution in [0.1, 0.15) is 36.5 Å². The topological polar surface area (TPSA) is 60.2 Å². The van der Waals surface area contributed by atoms with Crippen molar-refractivity contribution in [2.45, 2.75) is 35.8 Å². The van der Waals surface area contributed by atoms with Gasteiger partial charge in [0, 0.05) is 4.88 Å². The van der Waals surface area contributed by atoms with Gasteiger partial charge in [-0.05, 0) is 49.1 Å². The minimum Gasteiger partial charge on any atom is -0.224 e. The van der Waals surface area contributed by atoms with Gasteiger partial charge in [-0.15, -0.1) is 11.3 Å². The lowest BCUT2D eigenvalue weighted by Crippen LogP contribution is -2.10. The highest BCUT2D eigenvalue weighted by Gasteiger charge is 2.40. The fourth-order valence-corrected chi connectivity index (χ4v) is 5.24. The molecule has 0 radical (unpaired) electrons. The van der Waals surface area contributed by atoms with Gasteiger partial charge < -0.3 is 0 Å². The number of fused-ring (bicyclic) bond motifs is 2. The first kappa shape index (κ1) is 10.7. The summed E-state index contributed by atoms with van der Waals surface area (Å²) >= 11 is 1.36. The molecule has 88 valence electrons. The van der Waals surface area contributed by atoms with Crippen molar-refractivity contribution in [3.05, 3.63) is 17.0 Å². The van der Waals surface area contributed by atoms with Crippen molar-refractivity contribution in [2.24, 2.45) is 17.0 Å². The minimum atomic E-state index is -3.51. The second kappa shape index (κ2) is 3.55. The summed E-state index contributed by atoms with van der Waals surface area (Å²) in [6.45, 7) is 0. The predicted octanol–water partition coefficient (Wildman–Crippen LogP) is 2.30. The quantitative estimate of drug-likeness (QED) is 0.883. The van der Waals surface area contributed by atoms with Crippen molar-refractivity contribution in [3.63, 3.8) is 0 Å². The third-order valence-corrected chi connectivity index (χ3v) is 6.64. The van der Waals surface area contributed by atoms with Gasteiger partial charge >= 0.3 is 0 Å². The van der Waals surface area contributed by atoms with Crippen molar-refractivity contribution in [1.82, 2.24) is 0 Å². The highest BCUT2D eigenvalue weighted by atomic mass is 32.2. The molecule has 0 saturated heterocycles. The third-order valence-electron chi connectivity index (χ3n) is 3.99. The monoisotopic (exact) mass is 257 g/mol. The Hall–Kier alpha value is -0.390. The molecular formula is C11H15NO2S2. The molecule has 3 nitrogen and oxygen atoms in total. The van der Waals surface area contributed by atoms with E-state index in [0.29, 0.717) is 10.1 Å². The molecule has 2 aliphatic rings. The van der Waals surface area contributed by atoms with E-state index < -0.39 is 10.0 Å². The van der Waals surface area contributed by atoms with Gasteiger partial charge in [-0.25, -0.2) is 13.6 Å². The Morgan fingerprint density at radius 2 is 2.06 bits per heavy atom. The fraction of sp³-hybridized carbons (Fsp3) is 0.636. The zero-order valence-electron chi connectivity index (χ0n) is 8.93. The molecule has 16 heavy (non-hydrogen) atoms. The maximum Gasteiger partial charge on any atom is 0.247 e. The van der Waals surface area contributed by atoms with E-state index in [2.05, 4.69) is 0 Å². The zero-order chi connectivity index (χ0) is 11.3. The van der Waals surface area contributed by atoms with Crippen LogP contribution in [0.25, 0.3) is 0 Å². The van der Waals surface area contributed by atoms with Crippen LogP contribution in [-0.4, -0.2) is 8.42 Å². The molecule has 5 heteroatoms. The van der Waals surface area contributed by atoms with Crippen LogP contribution in [0.15, 0.2) is 16.3 Å². The van der Waals surface area contributed by atoms with E-state index >= 15 is 0 Å².